The Bertz CT molecular complexity index is 750. The van der Waals surface area contributed by atoms with Gasteiger partial charge < -0.3 is 10.1 Å². The summed E-state index contributed by atoms with van der Waals surface area (Å²) in [6.07, 6.45) is 0.636. The normalized spacial score (nSPS) is 10.1. The molecule has 0 aromatic heterocycles. The van der Waals surface area contributed by atoms with Crippen molar-refractivity contribution in [3.05, 3.63) is 59.2 Å². The average Bonchev–Trinajstić information content (AvgIpc) is 2.60. The quantitative estimate of drug-likeness (QED) is 0.655. The molecule has 0 spiro atoms. The summed E-state index contributed by atoms with van der Waals surface area (Å²) >= 11 is 0. The van der Waals surface area contributed by atoms with Crippen molar-refractivity contribution in [1.82, 2.24) is 5.32 Å². The zero-order chi connectivity index (χ0) is 17.5. The number of esters is 1. The summed E-state index contributed by atoms with van der Waals surface area (Å²) < 4.78 is 4.75. The van der Waals surface area contributed by atoms with Gasteiger partial charge in [-0.05, 0) is 37.1 Å². The van der Waals surface area contributed by atoms with E-state index in [0.29, 0.717) is 6.29 Å². The topological polar surface area (TPSA) is 72.5 Å². The average molecular weight is 325 g/mol. The summed E-state index contributed by atoms with van der Waals surface area (Å²) in [5, 5.41) is 2.45. The first-order valence-electron chi connectivity index (χ1n) is 7.65. The van der Waals surface area contributed by atoms with Crippen LogP contribution < -0.4 is 5.32 Å². The van der Waals surface area contributed by atoms with Gasteiger partial charge in [0.15, 0.2) is 6.29 Å². The third-order valence-electron chi connectivity index (χ3n) is 3.51. The first-order chi connectivity index (χ1) is 11.5. The summed E-state index contributed by atoms with van der Waals surface area (Å²) in [6.45, 7) is 3.70. The maximum Gasteiger partial charge on any atom is 0.325 e. The Kier molecular flexibility index (Phi) is 5.84. The van der Waals surface area contributed by atoms with Gasteiger partial charge >= 0.3 is 5.97 Å². The lowest BCUT2D eigenvalue weighted by atomic mass is 9.98. The molecule has 0 heterocycles. The molecule has 2 aromatic rings. The smallest absolute Gasteiger partial charge is 0.325 e. The first-order valence-corrected chi connectivity index (χ1v) is 7.65. The largest absolute Gasteiger partial charge is 0.465 e. The summed E-state index contributed by atoms with van der Waals surface area (Å²) in [4.78, 5) is 34.8. The van der Waals surface area contributed by atoms with E-state index < -0.39 is 11.9 Å². The Morgan fingerprint density at radius 2 is 1.75 bits per heavy atom. The van der Waals surface area contributed by atoms with E-state index in [1.54, 1.807) is 25.1 Å². The predicted octanol–water partition coefficient (Wildman–Crippen LogP) is 2.77. The van der Waals surface area contributed by atoms with Crippen molar-refractivity contribution in [3.63, 3.8) is 0 Å². The predicted molar refractivity (Wildman–Crippen MR) is 91.0 cm³/mol. The molecule has 0 bridgehead atoms. The van der Waals surface area contributed by atoms with Crippen molar-refractivity contribution in [3.8, 4) is 11.1 Å². The van der Waals surface area contributed by atoms with Crippen LogP contribution in [0.15, 0.2) is 42.5 Å². The number of benzene rings is 2. The number of amides is 1. The van der Waals surface area contributed by atoms with Crippen molar-refractivity contribution in [2.45, 2.75) is 13.8 Å². The van der Waals surface area contributed by atoms with Crippen molar-refractivity contribution in [1.29, 1.82) is 0 Å². The zero-order valence-corrected chi connectivity index (χ0v) is 13.7. The van der Waals surface area contributed by atoms with Crippen molar-refractivity contribution < 1.29 is 19.1 Å². The third-order valence-corrected chi connectivity index (χ3v) is 3.51. The minimum absolute atomic E-state index is 0.227. The second-order valence-corrected chi connectivity index (χ2v) is 5.27. The highest BCUT2D eigenvalue weighted by Crippen LogP contribution is 2.22. The number of nitrogens with one attached hydrogen (secondary N) is 1. The van der Waals surface area contributed by atoms with Crippen LogP contribution in [-0.4, -0.2) is 31.3 Å². The number of carbonyl (C=O) groups is 3. The minimum atomic E-state index is -0.519. The van der Waals surface area contributed by atoms with Crippen LogP contribution in [0.25, 0.3) is 11.1 Å². The third kappa shape index (κ3) is 4.29. The second-order valence-electron chi connectivity index (χ2n) is 5.27. The number of hydrogen-bond acceptors (Lipinski definition) is 4. The van der Waals surface area contributed by atoms with Gasteiger partial charge in [0.2, 0.25) is 0 Å². The van der Waals surface area contributed by atoms with E-state index in [-0.39, 0.29) is 24.3 Å². The van der Waals surface area contributed by atoms with Gasteiger partial charge in [-0.15, -0.1) is 0 Å². The molecule has 0 radical (unpaired) electrons. The van der Waals surface area contributed by atoms with Crippen LogP contribution >= 0.6 is 0 Å². The Hall–Kier alpha value is -2.95. The number of ether oxygens (including phenoxy) is 1. The van der Waals surface area contributed by atoms with Crippen molar-refractivity contribution in [2.75, 3.05) is 13.2 Å². The monoisotopic (exact) mass is 325 g/mol. The molecule has 24 heavy (non-hydrogen) atoms. The number of aldehydes is 1. The molecule has 124 valence electrons. The fourth-order valence-corrected chi connectivity index (χ4v) is 2.25. The standard InChI is InChI=1S/C19H19NO4/c1-3-24-18(22)11-20-19(23)17-9-8-15(10-16(17)12-21)14-6-4-13(2)5-7-14/h4-10,12H,3,11H2,1-2H3,(H,20,23). The molecule has 0 unspecified atom stereocenters. The molecule has 0 saturated heterocycles. The minimum Gasteiger partial charge on any atom is -0.465 e. The molecule has 1 N–H and O–H groups in total. The molecule has 2 aromatic carbocycles. The van der Waals surface area contributed by atoms with Gasteiger partial charge in [0.25, 0.3) is 5.91 Å². The van der Waals surface area contributed by atoms with E-state index >= 15 is 0 Å². The summed E-state index contributed by atoms with van der Waals surface area (Å²) in [7, 11) is 0. The van der Waals surface area contributed by atoms with Gasteiger partial charge in [0.1, 0.15) is 6.54 Å². The van der Waals surface area contributed by atoms with E-state index in [1.807, 2.05) is 31.2 Å². The molecule has 0 aliphatic heterocycles. The van der Waals surface area contributed by atoms with Crippen LogP contribution in [-0.2, 0) is 9.53 Å². The molecule has 0 aliphatic carbocycles. The highest BCUT2D eigenvalue weighted by molar-refractivity contribution is 6.03. The number of aryl methyl sites for hydroxylation is 1. The molecule has 0 aliphatic rings. The molecule has 0 fully saturated rings. The van der Waals surface area contributed by atoms with Crippen LogP contribution in [0, 0.1) is 6.92 Å². The Morgan fingerprint density at radius 3 is 2.38 bits per heavy atom. The molecule has 5 heteroatoms. The van der Waals surface area contributed by atoms with E-state index in [1.165, 1.54) is 0 Å². The summed E-state index contributed by atoms with van der Waals surface area (Å²) in [5.41, 5.74) is 3.45. The Morgan fingerprint density at radius 1 is 1.08 bits per heavy atom. The molecule has 1 amide bonds. The molecular weight excluding hydrogens is 306 g/mol. The van der Waals surface area contributed by atoms with Crippen molar-refractivity contribution in [2.24, 2.45) is 0 Å². The molecule has 5 nitrogen and oxygen atoms in total. The Balaban J connectivity index is 2.19. The SMILES string of the molecule is CCOC(=O)CNC(=O)c1ccc(-c2ccc(C)cc2)cc1C=O. The maximum atomic E-state index is 12.1. The van der Waals surface area contributed by atoms with Gasteiger partial charge in [-0.25, -0.2) is 0 Å². The van der Waals surface area contributed by atoms with Crippen LogP contribution in [0.1, 0.15) is 33.2 Å². The van der Waals surface area contributed by atoms with Gasteiger partial charge in [-0.2, -0.15) is 0 Å². The van der Waals surface area contributed by atoms with E-state index in [0.717, 1.165) is 16.7 Å². The van der Waals surface area contributed by atoms with E-state index in [4.69, 9.17) is 4.74 Å². The highest BCUT2D eigenvalue weighted by atomic mass is 16.5. The number of carbonyl (C=O) groups excluding carboxylic acids is 3. The van der Waals surface area contributed by atoms with E-state index in [2.05, 4.69) is 5.32 Å². The molecule has 0 saturated carbocycles. The molecular formula is C19H19NO4. The van der Waals surface area contributed by atoms with Gasteiger partial charge in [-0.1, -0.05) is 35.9 Å². The summed E-state index contributed by atoms with van der Waals surface area (Å²) in [6, 6.07) is 12.9. The van der Waals surface area contributed by atoms with Crippen LogP contribution in [0.5, 0.6) is 0 Å². The Labute approximate surface area is 140 Å². The first kappa shape index (κ1) is 17.4. The fraction of sp³-hybridized carbons (Fsp3) is 0.211. The lowest BCUT2D eigenvalue weighted by Gasteiger charge is -2.09. The molecule has 2 rings (SSSR count). The second kappa shape index (κ2) is 8.06. The lowest BCUT2D eigenvalue weighted by molar-refractivity contribution is -0.141. The lowest BCUT2D eigenvalue weighted by Crippen LogP contribution is -2.31. The number of rotatable bonds is 6. The summed E-state index contributed by atoms with van der Waals surface area (Å²) in [5.74, 6) is -1.00. The van der Waals surface area contributed by atoms with Crippen molar-refractivity contribution >= 4 is 18.2 Å². The molecule has 0 atom stereocenters. The zero-order valence-electron chi connectivity index (χ0n) is 13.7. The van der Waals surface area contributed by atoms with Gasteiger partial charge in [0.05, 0.1) is 6.61 Å². The maximum absolute atomic E-state index is 12.1. The fourth-order valence-electron chi connectivity index (χ4n) is 2.25. The highest BCUT2D eigenvalue weighted by Gasteiger charge is 2.13. The van der Waals surface area contributed by atoms with Gasteiger partial charge in [-0.3, -0.25) is 14.4 Å². The van der Waals surface area contributed by atoms with E-state index in [9.17, 15) is 14.4 Å². The van der Waals surface area contributed by atoms with Crippen LogP contribution in [0.3, 0.4) is 0 Å². The van der Waals surface area contributed by atoms with Crippen LogP contribution in [0.2, 0.25) is 0 Å². The van der Waals surface area contributed by atoms with Gasteiger partial charge in [0, 0.05) is 11.1 Å². The number of hydrogen-bond donors (Lipinski definition) is 1. The van der Waals surface area contributed by atoms with Crippen LogP contribution in [0.4, 0.5) is 0 Å².